The number of hydrogen-bond acceptors (Lipinski definition) is 2. The van der Waals surface area contributed by atoms with Crippen LogP contribution >= 0.6 is 0 Å². The molecule has 0 heterocycles. The van der Waals surface area contributed by atoms with Gasteiger partial charge in [-0.05, 0) is 18.3 Å². The lowest BCUT2D eigenvalue weighted by atomic mass is 10.3. The van der Waals surface area contributed by atoms with Crippen LogP contribution in [-0.4, -0.2) is 31.7 Å². The third-order valence-electron chi connectivity index (χ3n) is 2.45. The van der Waals surface area contributed by atoms with Gasteiger partial charge in [0.2, 0.25) is 5.91 Å². The Balaban J connectivity index is 1.99. The molecule has 2 unspecified atom stereocenters. The summed E-state index contributed by atoms with van der Waals surface area (Å²) in [7, 11) is 0. The van der Waals surface area contributed by atoms with Crippen molar-refractivity contribution >= 4 is 5.91 Å². The molecular weight excluding hydrogens is 209 g/mol. The van der Waals surface area contributed by atoms with Crippen molar-refractivity contribution in [3.63, 3.8) is 0 Å². The monoisotopic (exact) mass is 224 g/mol. The summed E-state index contributed by atoms with van der Waals surface area (Å²) in [6, 6.07) is 0. The summed E-state index contributed by atoms with van der Waals surface area (Å²) in [5, 5.41) is 4.64. The van der Waals surface area contributed by atoms with E-state index in [-0.39, 0.29) is 12.5 Å². The maximum atomic E-state index is 11.7. The normalized spacial score (nSPS) is 25.1. The van der Waals surface area contributed by atoms with Crippen LogP contribution < -0.4 is 10.6 Å². The number of carbonyl (C=O) groups is 1. The van der Waals surface area contributed by atoms with Crippen LogP contribution in [0.3, 0.4) is 0 Å². The molecular formula is C9H15F3N2O. The van der Waals surface area contributed by atoms with Crippen LogP contribution in [0.1, 0.15) is 13.3 Å². The van der Waals surface area contributed by atoms with Crippen molar-refractivity contribution in [1.82, 2.24) is 10.6 Å². The van der Waals surface area contributed by atoms with Gasteiger partial charge in [-0.2, -0.15) is 13.2 Å². The quantitative estimate of drug-likeness (QED) is 0.728. The minimum Gasteiger partial charge on any atom is -0.355 e. The Kier molecular flexibility index (Phi) is 3.96. The minimum atomic E-state index is -4.26. The van der Waals surface area contributed by atoms with Gasteiger partial charge in [0.1, 0.15) is 0 Å². The van der Waals surface area contributed by atoms with Gasteiger partial charge < -0.3 is 10.6 Å². The fraction of sp³-hybridized carbons (Fsp3) is 0.889. The fourth-order valence-electron chi connectivity index (χ4n) is 1.31. The standard InChI is InChI=1S/C9H15F3N2O/c1-6-2-7(6)3-14-8(15)4-13-5-9(10,11)12/h6-7,13H,2-5H2,1H3,(H,14,15). The molecule has 15 heavy (non-hydrogen) atoms. The van der Waals surface area contributed by atoms with Crippen molar-refractivity contribution in [2.24, 2.45) is 11.8 Å². The van der Waals surface area contributed by atoms with E-state index in [0.717, 1.165) is 6.42 Å². The van der Waals surface area contributed by atoms with Gasteiger partial charge in [0.25, 0.3) is 0 Å². The van der Waals surface area contributed by atoms with Crippen LogP contribution in [0.15, 0.2) is 0 Å². The van der Waals surface area contributed by atoms with E-state index in [2.05, 4.69) is 12.2 Å². The van der Waals surface area contributed by atoms with Gasteiger partial charge in [-0.1, -0.05) is 6.92 Å². The number of alkyl halides is 3. The van der Waals surface area contributed by atoms with Crippen LogP contribution in [0.2, 0.25) is 0 Å². The lowest BCUT2D eigenvalue weighted by molar-refractivity contribution is -0.128. The largest absolute Gasteiger partial charge is 0.401 e. The van der Waals surface area contributed by atoms with Gasteiger partial charge in [0.05, 0.1) is 13.1 Å². The molecule has 0 spiro atoms. The Morgan fingerprint density at radius 1 is 1.47 bits per heavy atom. The van der Waals surface area contributed by atoms with E-state index in [0.29, 0.717) is 18.4 Å². The van der Waals surface area contributed by atoms with E-state index in [1.807, 2.05) is 5.32 Å². The maximum absolute atomic E-state index is 11.7. The van der Waals surface area contributed by atoms with Crippen molar-refractivity contribution in [1.29, 1.82) is 0 Å². The molecule has 1 aliphatic carbocycles. The summed E-state index contributed by atoms with van der Waals surface area (Å²) in [6.07, 6.45) is -3.17. The van der Waals surface area contributed by atoms with Crippen LogP contribution in [0.4, 0.5) is 13.2 Å². The highest BCUT2D eigenvalue weighted by Crippen LogP contribution is 2.36. The van der Waals surface area contributed by atoms with Gasteiger partial charge in [-0.3, -0.25) is 4.79 Å². The Morgan fingerprint density at radius 2 is 2.07 bits per heavy atom. The first-order valence-corrected chi connectivity index (χ1v) is 4.92. The average Bonchev–Trinajstić information content (AvgIpc) is 2.76. The van der Waals surface area contributed by atoms with Crippen LogP contribution in [0, 0.1) is 11.8 Å². The Labute approximate surface area is 86.4 Å². The third kappa shape index (κ3) is 5.61. The zero-order valence-electron chi connectivity index (χ0n) is 8.53. The molecule has 1 aliphatic rings. The van der Waals surface area contributed by atoms with Crippen molar-refractivity contribution in [3.8, 4) is 0 Å². The van der Waals surface area contributed by atoms with Crippen molar-refractivity contribution in [3.05, 3.63) is 0 Å². The molecule has 88 valence electrons. The summed E-state index contributed by atoms with van der Waals surface area (Å²) < 4.78 is 35.1. The summed E-state index contributed by atoms with van der Waals surface area (Å²) in [4.78, 5) is 11.0. The lowest BCUT2D eigenvalue weighted by Gasteiger charge is -2.08. The second-order valence-corrected chi connectivity index (χ2v) is 4.00. The number of hydrogen-bond donors (Lipinski definition) is 2. The number of halogens is 3. The first-order chi connectivity index (χ1) is 6.88. The van der Waals surface area contributed by atoms with Gasteiger partial charge in [0, 0.05) is 6.54 Å². The highest BCUT2D eigenvalue weighted by atomic mass is 19.4. The molecule has 0 saturated heterocycles. The molecule has 1 saturated carbocycles. The predicted molar refractivity (Wildman–Crippen MR) is 49.2 cm³/mol. The summed E-state index contributed by atoms with van der Waals surface area (Å²) in [5.74, 6) is 0.767. The van der Waals surface area contributed by atoms with E-state index >= 15 is 0 Å². The first kappa shape index (κ1) is 12.3. The zero-order chi connectivity index (χ0) is 11.5. The lowest BCUT2D eigenvalue weighted by Crippen LogP contribution is -2.38. The van der Waals surface area contributed by atoms with E-state index < -0.39 is 12.7 Å². The Morgan fingerprint density at radius 3 is 2.53 bits per heavy atom. The summed E-state index contributed by atoms with van der Waals surface area (Å²) >= 11 is 0. The van der Waals surface area contributed by atoms with Gasteiger partial charge in [-0.15, -0.1) is 0 Å². The summed E-state index contributed by atoms with van der Waals surface area (Å²) in [6.45, 7) is 1.26. The molecule has 0 aliphatic heterocycles. The highest BCUT2D eigenvalue weighted by molar-refractivity contribution is 5.77. The molecule has 3 nitrogen and oxygen atoms in total. The van der Waals surface area contributed by atoms with E-state index in [1.165, 1.54) is 0 Å². The SMILES string of the molecule is CC1CC1CNC(=O)CNCC(F)(F)F. The number of nitrogens with one attached hydrogen (secondary N) is 2. The second-order valence-electron chi connectivity index (χ2n) is 4.00. The van der Waals surface area contributed by atoms with Crippen LogP contribution in [-0.2, 0) is 4.79 Å². The molecule has 2 atom stereocenters. The molecule has 1 amide bonds. The number of rotatable bonds is 5. The fourth-order valence-corrected chi connectivity index (χ4v) is 1.31. The molecule has 0 bridgehead atoms. The number of amides is 1. The van der Waals surface area contributed by atoms with Crippen molar-refractivity contribution in [2.45, 2.75) is 19.5 Å². The molecule has 0 aromatic heterocycles. The highest BCUT2D eigenvalue weighted by Gasteiger charge is 2.32. The molecule has 0 aromatic carbocycles. The zero-order valence-corrected chi connectivity index (χ0v) is 8.53. The molecule has 0 aromatic rings. The van der Waals surface area contributed by atoms with Gasteiger partial charge in [-0.25, -0.2) is 0 Å². The number of carbonyl (C=O) groups excluding carboxylic acids is 1. The van der Waals surface area contributed by atoms with Gasteiger partial charge >= 0.3 is 6.18 Å². The first-order valence-electron chi connectivity index (χ1n) is 4.92. The molecule has 1 fully saturated rings. The average molecular weight is 224 g/mol. The predicted octanol–water partition coefficient (Wildman–Crippen LogP) is 0.910. The Bertz CT molecular complexity index is 230. The van der Waals surface area contributed by atoms with E-state index in [9.17, 15) is 18.0 Å². The van der Waals surface area contributed by atoms with Crippen LogP contribution in [0.5, 0.6) is 0 Å². The second kappa shape index (κ2) is 4.83. The smallest absolute Gasteiger partial charge is 0.355 e. The maximum Gasteiger partial charge on any atom is 0.401 e. The summed E-state index contributed by atoms with van der Waals surface area (Å²) in [5.41, 5.74) is 0. The molecule has 0 radical (unpaired) electrons. The van der Waals surface area contributed by atoms with Gasteiger partial charge in [0.15, 0.2) is 0 Å². The van der Waals surface area contributed by atoms with Crippen molar-refractivity contribution in [2.75, 3.05) is 19.6 Å². The topological polar surface area (TPSA) is 41.1 Å². The molecule has 1 rings (SSSR count). The van der Waals surface area contributed by atoms with E-state index in [4.69, 9.17) is 0 Å². The Hall–Kier alpha value is -0.780. The third-order valence-corrected chi connectivity index (χ3v) is 2.45. The molecule has 2 N–H and O–H groups in total. The van der Waals surface area contributed by atoms with Crippen LogP contribution in [0.25, 0.3) is 0 Å². The minimum absolute atomic E-state index is 0.277. The molecule has 6 heteroatoms. The van der Waals surface area contributed by atoms with E-state index in [1.54, 1.807) is 0 Å². The van der Waals surface area contributed by atoms with Crippen molar-refractivity contribution < 1.29 is 18.0 Å².